The van der Waals surface area contributed by atoms with Gasteiger partial charge in [0.15, 0.2) is 0 Å². The number of alkyl halides is 3. The maximum Gasteiger partial charge on any atom is 0.417 e. The Balaban J connectivity index is 2.04. The Morgan fingerprint density at radius 1 is 1.28 bits per heavy atom. The van der Waals surface area contributed by atoms with Crippen molar-refractivity contribution >= 4 is 22.7 Å². The predicted molar refractivity (Wildman–Crippen MR) is 81.3 cm³/mol. The molecule has 3 aromatic heterocycles. The van der Waals surface area contributed by atoms with Gasteiger partial charge in [0.2, 0.25) is 0 Å². The monoisotopic (exact) mass is 352 g/mol. The summed E-state index contributed by atoms with van der Waals surface area (Å²) in [6.45, 7) is 3.21. The van der Waals surface area contributed by atoms with Crippen molar-refractivity contribution in [3.63, 3.8) is 0 Å². The van der Waals surface area contributed by atoms with Gasteiger partial charge < -0.3 is 14.8 Å². The zero-order valence-electron chi connectivity index (χ0n) is 13.0. The third kappa shape index (κ3) is 3.10. The largest absolute Gasteiger partial charge is 0.417 e. The molecule has 2 N–H and O–H groups in total. The Hall–Kier alpha value is -3.17. The van der Waals surface area contributed by atoms with Crippen molar-refractivity contribution in [1.82, 2.24) is 15.1 Å². The first-order valence-corrected chi connectivity index (χ1v) is 7.01. The van der Waals surface area contributed by atoms with Gasteiger partial charge in [-0.3, -0.25) is 9.59 Å². The summed E-state index contributed by atoms with van der Waals surface area (Å²) in [4.78, 5) is 30.3. The quantitative estimate of drug-likeness (QED) is 0.739. The number of halogens is 3. The summed E-state index contributed by atoms with van der Waals surface area (Å²) >= 11 is 0. The van der Waals surface area contributed by atoms with E-state index < -0.39 is 28.9 Å². The van der Waals surface area contributed by atoms with E-state index in [0.717, 1.165) is 0 Å². The fraction of sp³-hybridized carbons (Fsp3) is 0.200. The van der Waals surface area contributed by atoms with Crippen molar-refractivity contribution in [2.24, 2.45) is 0 Å². The molecule has 0 bridgehead atoms. The molecule has 0 aliphatic carbocycles. The van der Waals surface area contributed by atoms with E-state index in [-0.39, 0.29) is 11.3 Å². The van der Waals surface area contributed by atoms with E-state index in [1.165, 1.54) is 6.07 Å². The van der Waals surface area contributed by atoms with Crippen LogP contribution < -0.4 is 10.9 Å². The van der Waals surface area contributed by atoms with Gasteiger partial charge in [0.25, 0.3) is 17.2 Å². The van der Waals surface area contributed by atoms with Gasteiger partial charge in [0.1, 0.15) is 5.69 Å². The van der Waals surface area contributed by atoms with Crippen LogP contribution >= 0.6 is 0 Å². The van der Waals surface area contributed by atoms with Crippen LogP contribution in [0, 0.1) is 13.8 Å². The lowest BCUT2D eigenvalue weighted by atomic mass is 10.1. The summed E-state index contributed by atoms with van der Waals surface area (Å²) in [7, 11) is 0. The molecule has 130 valence electrons. The molecule has 3 rings (SSSR count). The maximum absolute atomic E-state index is 12.8. The highest BCUT2D eigenvalue weighted by Gasteiger charge is 2.31. The van der Waals surface area contributed by atoms with Crippen molar-refractivity contribution < 1.29 is 22.5 Å². The lowest BCUT2D eigenvalue weighted by Gasteiger charge is -2.10. The number of rotatable bonds is 2. The predicted octanol–water partition coefficient (Wildman–Crippen LogP) is 2.80. The number of nitrogens with one attached hydrogen (secondary N) is 2. The van der Waals surface area contributed by atoms with Crippen LogP contribution in [0.2, 0.25) is 0 Å². The number of hydrogen-bond acceptors (Lipinski definition) is 5. The van der Waals surface area contributed by atoms with Gasteiger partial charge >= 0.3 is 6.18 Å². The third-order valence-electron chi connectivity index (χ3n) is 3.47. The summed E-state index contributed by atoms with van der Waals surface area (Å²) in [5.41, 5.74) is -1.39. The second-order valence-corrected chi connectivity index (χ2v) is 5.34. The van der Waals surface area contributed by atoms with E-state index in [4.69, 9.17) is 4.52 Å². The number of fused-ring (bicyclic) bond motifs is 1. The molecule has 1 amide bonds. The number of aromatic amines is 1. The Kier molecular flexibility index (Phi) is 3.82. The number of hydrogen-bond donors (Lipinski definition) is 2. The minimum atomic E-state index is -4.66. The maximum atomic E-state index is 12.8. The first-order valence-electron chi connectivity index (χ1n) is 7.01. The van der Waals surface area contributed by atoms with Gasteiger partial charge in [-0.25, -0.2) is 4.98 Å². The van der Waals surface area contributed by atoms with E-state index in [1.54, 1.807) is 13.8 Å². The number of anilines is 1. The minimum absolute atomic E-state index is 0.0954. The number of H-pyrrole nitrogens is 1. The number of aromatic nitrogens is 3. The molecule has 25 heavy (non-hydrogen) atoms. The van der Waals surface area contributed by atoms with Gasteiger partial charge in [0, 0.05) is 11.9 Å². The topological polar surface area (TPSA) is 101 Å². The van der Waals surface area contributed by atoms with Crippen molar-refractivity contribution in [1.29, 1.82) is 0 Å². The Labute approximate surface area is 137 Å². The van der Waals surface area contributed by atoms with Crippen LogP contribution in [-0.4, -0.2) is 21.0 Å². The second kappa shape index (κ2) is 5.72. The normalized spacial score (nSPS) is 11.7. The molecule has 10 heteroatoms. The van der Waals surface area contributed by atoms with Crippen LogP contribution in [0.3, 0.4) is 0 Å². The molecule has 7 nitrogen and oxygen atoms in total. The fourth-order valence-electron chi connectivity index (χ4n) is 2.33. The zero-order chi connectivity index (χ0) is 18.4. The Bertz CT molecular complexity index is 1040. The average molecular weight is 352 g/mol. The Morgan fingerprint density at radius 2 is 2.00 bits per heavy atom. The minimum Gasteiger partial charge on any atom is -0.336 e. The van der Waals surface area contributed by atoms with Gasteiger partial charge in [-0.2, -0.15) is 13.2 Å². The summed E-state index contributed by atoms with van der Waals surface area (Å²) in [6, 6.07) is 2.01. The van der Waals surface area contributed by atoms with E-state index >= 15 is 0 Å². The van der Waals surface area contributed by atoms with Crippen LogP contribution in [0.4, 0.5) is 18.9 Å². The molecule has 0 radical (unpaired) electrons. The van der Waals surface area contributed by atoms with Crippen LogP contribution in [0.15, 0.2) is 27.6 Å². The zero-order valence-corrected chi connectivity index (χ0v) is 13.0. The highest BCUT2D eigenvalue weighted by molar-refractivity contribution is 6.12. The molecule has 0 unspecified atom stereocenters. The number of amides is 1. The molecule has 0 aliphatic rings. The molecule has 3 aromatic rings. The SMILES string of the molecule is Cc1cc(C(=O)Nc2cc(C(F)(F)F)c[nH]c2=O)c2c(C)noc2n1. The molecule has 0 atom stereocenters. The molecule has 0 saturated heterocycles. The molecule has 0 aliphatic heterocycles. The molecular formula is C15H11F3N4O3. The first-order chi connectivity index (χ1) is 11.7. The number of nitrogens with zero attached hydrogens (tertiary/aromatic N) is 2. The molecule has 0 aromatic carbocycles. The van der Waals surface area contributed by atoms with Crippen molar-refractivity contribution in [3.8, 4) is 0 Å². The smallest absolute Gasteiger partial charge is 0.336 e. The molecular weight excluding hydrogens is 341 g/mol. The van der Waals surface area contributed by atoms with E-state index in [0.29, 0.717) is 29.0 Å². The number of carbonyl (C=O) groups excluding carboxylic acids is 1. The molecule has 0 spiro atoms. The standard InChI is InChI=1S/C15H11F3N4O3/c1-6-3-9(11-7(2)22-25-14(11)20-6)12(23)21-10-4-8(15(16,17)18)5-19-13(10)24/h3-5H,1-2H3,(H,19,24)(H,21,23). The molecule has 3 heterocycles. The fourth-order valence-corrected chi connectivity index (χ4v) is 2.33. The van der Waals surface area contributed by atoms with E-state index in [1.807, 2.05) is 4.98 Å². The van der Waals surface area contributed by atoms with Crippen molar-refractivity contribution in [2.45, 2.75) is 20.0 Å². The van der Waals surface area contributed by atoms with Gasteiger partial charge in [-0.15, -0.1) is 0 Å². The van der Waals surface area contributed by atoms with Crippen molar-refractivity contribution in [3.05, 3.63) is 51.2 Å². The lowest BCUT2D eigenvalue weighted by Crippen LogP contribution is -2.22. The summed E-state index contributed by atoms with van der Waals surface area (Å²) in [5.74, 6) is -0.772. The molecule has 0 fully saturated rings. The highest BCUT2D eigenvalue weighted by atomic mass is 19.4. The lowest BCUT2D eigenvalue weighted by molar-refractivity contribution is -0.137. The Morgan fingerprint density at radius 3 is 2.68 bits per heavy atom. The number of carbonyl (C=O) groups is 1. The third-order valence-corrected chi connectivity index (χ3v) is 3.47. The first kappa shape index (κ1) is 16.7. The second-order valence-electron chi connectivity index (χ2n) is 5.34. The van der Waals surface area contributed by atoms with Crippen LogP contribution in [0.1, 0.15) is 27.3 Å². The van der Waals surface area contributed by atoms with Gasteiger partial charge in [-0.05, 0) is 26.0 Å². The van der Waals surface area contributed by atoms with Crippen LogP contribution in [0.25, 0.3) is 11.1 Å². The average Bonchev–Trinajstić information content (AvgIpc) is 2.88. The number of aryl methyl sites for hydroxylation is 2. The highest BCUT2D eigenvalue weighted by Crippen LogP contribution is 2.29. The van der Waals surface area contributed by atoms with Crippen molar-refractivity contribution in [2.75, 3.05) is 5.32 Å². The molecule has 0 saturated carbocycles. The number of pyridine rings is 2. The summed E-state index contributed by atoms with van der Waals surface area (Å²) in [6.07, 6.45) is -4.12. The van der Waals surface area contributed by atoms with E-state index in [9.17, 15) is 22.8 Å². The van der Waals surface area contributed by atoms with Gasteiger partial charge in [0.05, 0.1) is 22.2 Å². The van der Waals surface area contributed by atoms with E-state index in [2.05, 4.69) is 15.5 Å². The van der Waals surface area contributed by atoms with Crippen LogP contribution in [0.5, 0.6) is 0 Å². The summed E-state index contributed by atoms with van der Waals surface area (Å²) < 4.78 is 43.3. The summed E-state index contributed by atoms with van der Waals surface area (Å²) in [5, 5.41) is 6.24. The van der Waals surface area contributed by atoms with Crippen LogP contribution in [-0.2, 0) is 6.18 Å². The van der Waals surface area contributed by atoms with Gasteiger partial charge in [-0.1, -0.05) is 5.16 Å².